The summed E-state index contributed by atoms with van der Waals surface area (Å²) in [6.07, 6.45) is 1.41. The first kappa shape index (κ1) is 19.7. The fourth-order valence-corrected chi connectivity index (χ4v) is 2.17. The normalized spacial score (nSPS) is 10.5. The van der Waals surface area contributed by atoms with E-state index in [1.165, 1.54) is 25.5 Å². The molecule has 0 spiro atoms. The lowest BCUT2D eigenvalue weighted by Crippen LogP contribution is -2.24. The summed E-state index contributed by atoms with van der Waals surface area (Å²) in [6, 6.07) is 9.62. The molecule has 0 aliphatic carbocycles. The summed E-state index contributed by atoms with van der Waals surface area (Å²) in [6.45, 7) is 1.31. The van der Waals surface area contributed by atoms with Crippen LogP contribution >= 0.6 is 0 Å². The van der Waals surface area contributed by atoms with Gasteiger partial charge in [-0.15, -0.1) is 0 Å². The molecule has 0 aliphatic rings. The van der Waals surface area contributed by atoms with Crippen molar-refractivity contribution in [1.82, 2.24) is 5.43 Å². The molecule has 2 aromatic carbocycles. The van der Waals surface area contributed by atoms with Crippen molar-refractivity contribution in [2.45, 2.75) is 6.92 Å². The molecule has 0 fully saturated rings. The maximum atomic E-state index is 11.8. The van der Waals surface area contributed by atoms with E-state index in [2.05, 4.69) is 10.5 Å². The molecule has 0 saturated carbocycles. The Balaban J connectivity index is 1.95. The van der Waals surface area contributed by atoms with E-state index >= 15 is 0 Å². The smallest absolute Gasteiger partial charge is 0.311 e. The van der Waals surface area contributed by atoms with Crippen molar-refractivity contribution in [3.63, 3.8) is 0 Å². The molecule has 0 aliphatic heterocycles. The summed E-state index contributed by atoms with van der Waals surface area (Å²) >= 11 is 0. The van der Waals surface area contributed by atoms with Gasteiger partial charge in [0, 0.05) is 17.7 Å². The number of rotatable bonds is 8. The summed E-state index contributed by atoms with van der Waals surface area (Å²) in [5.74, 6) is 0.607. The van der Waals surface area contributed by atoms with Crippen molar-refractivity contribution in [3.05, 3.63) is 57.6 Å². The van der Waals surface area contributed by atoms with Crippen molar-refractivity contribution in [2.24, 2.45) is 5.10 Å². The lowest BCUT2D eigenvalue weighted by molar-refractivity contribution is -0.385. The molecule has 0 saturated heterocycles. The summed E-state index contributed by atoms with van der Waals surface area (Å²) in [4.78, 5) is 22.3. The third-order valence-corrected chi connectivity index (χ3v) is 3.50. The number of carbonyl (C=O) groups excluding carboxylic acids is 1. The summed E-state index contributed by atoms with van der Waals surface area (Å²) in [5, 5.41) is 14.9. The van der Waals surface area contributed by atoms with Crippen LogP contribution in [0.25, 0.3) is 0 Å². The Morgan fingerprint density at radius 1 is 1.19 bits per heavy atom. The number of hydrogen-bond acceptors (Lipinski definition) is 7. The van der Waals surface area contributed by atoms with E-state index in [9.17, 15) is 14.9 Å². The van der Waals surface area contributed by atoms with Gasteiger partial charge in [0.25, 0.3) is 5.91 Å². The standard InChI is InChI=1S/C18H19N3O6/c1-12-4-7-16(15(8-12)21(23)24)27-11-18(22)20-19-10-13-5-6-14(25-2)9-17(13)26-3/h4-10H,11H2,1-3H3,(H,20,22)/b19-10+. The van der Waals surface area contributed by atoms with Crippen molar-refractivity contribution >= 4 is 17.8 Å². The van der Waals surface area contributed by atoms with Gasteiger partial charge in [-0.05, 0) is 30.7 Å². The van der Waals surface area contributed by atoms with Crippen molar-refractivity contribution in [1.29, 1.82) is 0 Å². The van der Waals surface area contributed by atoms with Crippen molar-refractivity contribution in [2.75, 3.05) is 20.8 Å². The molecule has 27 heavy (non-hydrogen) atoms. The Bertz CT molecular complexity index is 866. The number of hydrogen-bond donors (Lipinski definition) is 1. The molecule has 0 aromatic heterocycles. The molecule has 2 rings (SSSR count). The van der Waals surface area contributed by atoms with Crippen LogP contribution in [0.3, 0.4) is 0 Å². The average Bonchev–Trinajstić information content (AvgIpc) is 2.67. The molecule has 9 heteroatoms. The fraction of sp³-hybridized carbons (Fsp3) is 0.222. The largest absolute Gasteiger partial charge is 0.497 e. The van der Waals surface area contributed by atoms with Crippen molar-refractivity contribution < 1.29 is 23.9 Å². The summed E-state index contributed by atoms with van der Waals surface area (Å²) in [7, 11) is 3.05. The average molecular weight is 373 g/mol. The molecule has 2 aromatic rings. The second-order valence-electron chi connectivity index (χ2n) is 5.42. The van der Waals surface area contributed by atoms with Gasteiger partial charge in [0.05, 0.1) is 25.4 Å². The third-order valence-electron chi connectivity index (χ3n) is 3.50. The van der Waals surface area contributed by atoms with Gasteiger partial charge in [0.15, 0.2) is 12.4 Å². The zero-order chi connectivity index (χ0) is 19.8. The first-order valence-electron chi connectivity index (χ1n) is 7.86. The number of methoxy groups -OCH3 is 2. The van der Waals surface area contributed by atoms with Gasteiger partial charge < -0.3 is 14.2 Å². The highest BCUT2D eigenvalue weighted by atomic mass is 16.6. The quantitative estimate of drug-likeness (QED) is 0.432. The first-order valence-corrected chi connectivity index (χ1v) is 7.86. The van der Waals surface area contributed by atoms with Crippen LogP contribution in [0.4, 0.5) is 5.69 Å². The maximum absolute atomic E-state index is 11.8. The molecule has 0 unspecified atom stereocenters. The van der Waals surface area contributed by atoms with Crippen molar-refractivity contribution in [3.8, 4) is 17.2 Å². The first-order chi connectivity index (χ1) is 12.9. The highest BCUT2D eigenvalue weighted by molar-refractivity contribution is 5.85. The number of carbonyl (C=O) groups is 1. The van der Waals surface area contributed by atoms with Crippen LogP contribution in [0.5, 0.6) is 17.2 Å². The van der Waals surface area contributed by atoms with Gasteiger partial charge in [-0.2, -0.15) is 5.10 Å². The minimum Gasteiger partial charge on any atom is -0.497 e. The fourth-order valence-electron chi connectivity index (χ4n) is 2.17. The lowest BCUT2D eigenvalue weighted by Gasteiger charge is -2.07. The zero-order valence-corrected chi connectivity index (χ0v) is 15.1. The van der Waals surface area contributed by atoms with E-state index < -0.39 is 17.4 Å². The minimum atomic E-state index is -0.561. The minimum absolute atomic E-state index is 0.0153. The van der Waals surface area contributed by atoms with Crippen LogP contribution in [-0.4, -0.2) is 37.9 Å². The van der Waals surface area contributed by atoms with E-state index in [0.717, 1.165) is 5.56 Å². The van der Waals surface area contributed by atoms with E-state index in [4.69, 9.17) is 14.2 Å². The number of nitro benzene ring substituents is 1. The van der Waals surface area contributed by atoms with E-state index in [1.54, 1.807) is 38.3 Å². The number of nitro groups is 1. The van der Waals surface area contributed by atoms with Crippen LogP contribution in [0.1, 0.15) is 11.1 Å². The number of nitrogens with zero attached hydrogens (tertiary/aromatic N) is 2. The molecule has 9 nitrogen and oxygen atoms in total. The molecule has 1 amide bonds. The Labute approximate surface area is 155 Å². The predicted octanol–water partition coefficient (Wildman–Crippen LogP) is 2.45. The molecule has 0 radical (unpaired) electrons. The second-order valence-corrected chi connectivity index (χ2v) is 5.42. The van der Waals surface area contributed by atoms with Gasteiger partial charge >= 0.3 is 5.69 Å². The second kappa shape index (κ2) is 9.18. The number of aryl methyl sites for hydroxylation is 1. The third kappa shape index (κ3) is 5.43. The van der Waals surface area contributed by atoms with Gasteiger partial charge in [-0.3, -0.25) is 14.9 Å². The Morgan fingerprint density at radius 2 is 1.96 bits per heavy atom. The van der Waals surface area contributed by atoms with E-state index in [0.29, 0.717) is 17.1 Å². The summed E-state index contributed by atoms with van der Waals surface area (Å²) in [5.41, 5.74) is 3.44. The maximum Gasteiger partial charge on any atom is 0.311 e. The molecular weight excluding hydrogens is 354 g/mol. The van der Waals surface area contributed by atoms with Crippen LogP contribution < -0.4 is 19.6 Å². The van der Waals surface area contributed by atoms with Gasteiger partial charge in [0.2, 0.25) is 0 Å². The molecule has 0 bridgehead atoms. The van der Waals surface area contributed by atoms with E-state index in [-0.39, 0.29) is 11.4 Å². The Kier molecular flexibility index (Phi) is 6.70. The molecule has 0 heterocycles. The Morgan fingerprint density at radius 3 is 2.63 bits per heavy atom. The summed E-state index contributed by atoms with van der Waals surface area (Å²) < 4.78 is 15.6. The zero-order valence-electron chi connectivity index (χ0n) is 15.1. The number of nitrogens with one attached hydrogen (secondary N) is 1. The number of benzene rings is 2. The molecule has 0 atom stereocenters. The van der Waals surface area contributed by atoms with Gasteiger partial charge in [-0.1, -0.05) is 6.07 Å². The molecule has 142 valence electrons. The van der Waals surface area contributed by atoms with Crippen LogP contribution in [0, 0.1) is 17.0 Å². The SMILES string of the molecule is COc1ccc(/C=N/NC(=O)COc2ccc(C)cc2[N+](=O)[O-])c(OC)c1. The number of amides is 1. The number of ether oxygens (including phenoxy) is 3. The topological polar surface area (TPSA) is 112 Å². The lowest BCUT2D eigenvalue weighted by atomic mass is 10.2. The number of hydrazone groups is 1. The van der Waals surface area contributed by atoms with Crippen LogP contribution in [0.2, 0.25) is 0 Å². The van der Waals surface area contributed by atoms with Crippen LogP contribution in [0.15, 0.2) is 41.5 Å². The van der Waals surface area contributed by atoms with Crippen LogP contribution in [-0.2, 0) is 4.79 Å². The monoisotopic (exact) mass is 373 g/mol. The van der Waals surface area contributed by atoms with E-state index in [1.807, 2.05) is 0 Å². The highest BCUT2D eigenvalue weighted by Crippen LogP contribution is 2.27. The Hall–Kier alpha value is -3.62. The predicted molar refractivity (Wildman–Crippen MR) is 98.6 cm³/mol. The van der Waals surface area contributed by atoms with Gasteiger partial charge in [-0.25, -0.2) is 5.43 Å². The van der Waals surface area contributed by atoms with Gasteiger partial charge in [0.1, 0.15) is 11.5 Å². The molecule has 1 N–H and O–H groups in total. The molecular formula is C18H19N3O6. The highest BCUT2D eigenvalue weighted by Gasteiger charge is 2.16.